The maximum Gasteiger partial charge on any atom is 0.303 e. The molecule has 0 amide bonds. The Morgan fingerprint density at radius 3 is 2.37 bits per heavy atom. The third-order valence-corrected chi connectivity index (χ3v) is 8.77. The lowest BCUT2D eigenvalue weighted by atomic mass is 9.93. The van der Waals surface area contributed by atoms with Gasteiger partial charge in [0.15, 0.2) is 5.88 Å². The highest BCUT2D eigenvalue weighted by Gasteiger charge is 2.21. The van der Waals surface area contributed by atoms with Crippen molar-refractivity contribution in [1.29, 1.82) is 0 Å². The molecule has 0 aliphatic rings. The number of fused-ring (bicyclic) bond motifs is 1. The van der Waals surface area contributed by atoms with E-state index in [1.807, 2.05) is 67.5 Å². The average molecular weight is 643 g/mol. The van der Waals surface area contributed by atoms with Gasteiger partial charge in [-0.05, 0) is 85.7 Å². The summed E-state index contributed by atoms with van der Waals surface area (Å²) in [5.41, 5.74) is 5.41. The summed E-state index contributed by atoms with van der Waals surface area (Å²) in [4.78, 5) is 21.0. The third kappa shape index (κ3) is 7.44. The van der Waals surface area contributed by atoms with E-state index in [9.17, 15) is 27.8 Å². The lowest BCUT2D eigenvalue weighted by Crippen LogP contribution is -2.35. The average Bonchev–Trinajstić information content (AvgIpc) is 3.33. The normalized spacial score (nSPS) is 12.2. The number of H-pyrrole nitrogens is 1. The van der Waals surface area contributed by atoms with Crippen molar-refractivity contribution in [2.75, 3.05) is 37.7 Å². The zero-order valence-corrected chi connectivity index (χ0v) is 26.6. The molecule has 4 aromatic carbocycles. The van der Waals surface area contributed by atoms with Gasteiger partial charge in [-0.1, -0.05) is 42.5 Å². The van der Waals surface area contributed by atoms with Crippen molar-refractivity contribution in [3.8, 4) is 17.0 Å². The summed E-state index contributed by atoms with van der Waals surface area (Å²) in [5.74, 6) is -1.53. The molecule has 0 saturated heterocycles. The topological polar surface area (TPSA) is 126 Å². The second-order valence-electron chi connectivity index (χ2n) is 11.3. The van der Waals surface area contributed by atoms with Crippen LogP contribution in [0.25, 0.3) is 22.0 Å². The van der Waals surface area contributed by atoms with Crippen LogP contribution in [0, 0.1) is 5.82 Å². The van der Waals surface area contributed by atoms with Gasteiger partial charge in [-0.2, -0.15) is 0 Å². The molecular formula is C35H35FN4O5S. The minimum absolute atomic E-state index is 0.00884. The first-order valence-corrected chi connectivity index (χ1v) is 16.5. The molecule has 3 N–H and O–H groups in total. The summed E-state index contributed by atoms with van der Waals surface area (Å²) in [6, 6.07) is 26.1. The summed E-state index contributed by atoms with van der Waals surface area (Å²) in [5, 5.41) is 20.9. The molecule has 9 nitrogen and oxygen atoms in total. The van der Waals surface area contributed by atoms with E-state index in [0.29, 0.717) is 52.1 Å². The fourth-order valence-electron chi connectivity index (χ4n) is 5.36. The summed E-state index contributed by atoms with van der Waals surface area (Å²) in [6.07, 6.45) is 1.52. The smallest absolute Gasteiger partial charge is 0.303 e. The van der Waals surface area contributed by atoms with Crippen molar-refractivity contribution >= 4 is 44.0 Å². The SMILES string of the molecule is CN(C)CCN(c1ccc(N=C(c2cccc(-c3ccccc3CCC(=O)O)c2)c2c(O)[nH]c3cc(F)ccc23)cc1)S(C)(=O)=O. The number of halogens is 1. The molecule has 46 heavy (non-hydrogen) atoms. The van der Waals surface area contributed by atoms with Crippen LogP contribution in [-0.4, -0.2) is 73.6 Å². The Bertz CT molecular complexity index is 2020. The quantitative estimate of drug-likeness (QED) is 0.139. The molecule has 1 heterocycles. The Hall–Kier alpha value is -5.00. The van der Waals surface area contributed by atoms with E-state index in [4.69, 9.17) is 4.99 Å². The van der Waals surface area contributed by atoms with Gasteiger partial charge in [0.1, 0.15) is 5.82 Å². The number of hydrogen-bond acceptors (Lipinski definition) is 6. The van der Waals surface area contributed by atoms with Gasteiger partial charge in [-0.3, -0.25) is 9.10 Å². The van der Waals surface area contributed by atoms with Gasteiger partial charge < -0.3 is 20.1 Å². The van der Waals surface area contributed by atoms with Gasteiger partial charge in [0.05, 0.1) is 34.4 Å². The number of aromatic nitrogens is 1. The molecule has 1 aromatic heterocycles. The van der Waals surface area contributed by atoms with Gasteiger partial charge in [0, 0.05) is 30.5 Å². The first kappa shape index (κ1) is 32.4. The number of hydrogen-bond donors (Lipinski definition) is 3. The van der Waals surface area contributed by atoms with Crippen LogP contribution < -0.4 is 4.31 Å². The molecule has 0 radical (unpaired) electrons. The molecule has 5 rings (SSSR count). The maximum absolute atomic E-state index is 14.1. The van der Waals surface area contributed by atoms with Crippen molar-refractivity contribution in [2.45, 2.75) is 12.8 Å². The first-order chi connectivity index (χ1) is 21.9. The number of aryl methyl sites for hydroxylation is 1. The number of rotatable bonds is 12. The lowest BCUT2D eigenvalue weighted by Gasteiger charge is -2.24. The van der Waals surface area contributed by atoms with E-state index >= 15 is 0 Å². The van der Waals surface area contributed by atoms with E-state index in [2.05, 4.69) is 4.98 Å². The van der Waals surface area contributed by atoms with Crippen LogP contribution in [0.3, 0.4) is 0 Å². The van der Waals surface area contributed by atoms with Gasteiger partial charge in [0.25, 0.3) is 0 Å². The van der Waals surface area contributed by atoms with Gasteiger partial charge in [0.2, 0.25) is 10.0 Å². The van der Waals surface area contributed by atoms with Crippen LogP contribution in [0.1, 0.15) is 23.1 Å². The van der Waals surface area contributed by atoms with Crippen LogP contribution in [0.15, 0.2) is 96.0 Å². The van der Waals surface area contributed by atoms with Crippen LogP contribution in [-0.2, 0) is 21.2 Å². The number of likely N-dealkylation sites (N-methyl/N-ethyl adjacent to an activating group) is 1. The molecule has 0 unspecified atom stereocenters. The van der Waals surface area contributed by atoms with Crippen molar-refractivity contribution < 1.29 is 27.8 Å². The second-order valence-corrected chi connectivity index (χ2v) is 13.2. The molecule has 0 spiro atoms. The summed E-state index contributed by atoms with van der Waals surface area (Å²) in [7, 11) is 0.211. The number of carboxylic acids is 1. The minimum atomic E-state index is -3.53. The van der Waals surface area contributed by atoms with Crippen molar-refractivity contribution in [2.24, 2.45) is 4.99 Å². The molecule has 0 fully saturated rings. The van der Waals surface area contributed by atoms with E-state index in [-0.39, 0.29) is 18.8 Å². The Morgan fingerprint density at radius 1 is 0.935 bits per heavy atom. The number of benzene rings is 4. The largest absolute Gasteiger partial charge is 0.494 e. The monoisotopic (exact) mass is 642 g/mol. The number of anilines is 1. The standard InChI is InChI=1S/C35H35FN4O5S/c1-39(2)19-20-40(46(3,44)45)28-15-13-27(14-16-28)37-34(33-30-17-12-26(36)22-31(30)38-35(33)43)25-9-6-8-24(21-25)29-10-5-4-7-23(29)11-18-32(41)42/h4-10,12-17,21-22,38,43H,11,18-20H2,1-3H3,(H,41,42). The Kier molecular flexibility index (Phi) is 9.54. The maximum atomic E-state index is 14.1. The number of nitrogens with zero attached hydrogens (tertiary/aromatic N) is 3. The predicted molar refractivity (Wildman–Crippen MR) is 180 cm³/mol. The molecule has 0 aliphatic heterocycles. The first-order valence-electron chi connectivity index (χ1n) is 14.6. The second kappa shape index (κ2) is 13.6. The summed E-state index contributed by atoms with van der Waals surface area (Å²) in [6.45, 7) is 0.813. The molecule has 0 saturated carbocycles. The van der Waals surface area contributed by atoms with E-state index in [1.165, 1.54) is 22.7 Å². The number of carboxylic acid groups (broad SMARTS) is 1. The van der Waals surface area contributed by atoms with Gasteiger partial charge >= 0.3 is 5.97 Å². The van der Waals surface area contributed by atoms with Crippen molar-refractivity contribution in [3.63, 3.8) is 0 Å². The van der Waals surface area contributed by atoms with Crippen molar-refractivity contribution in [3.05, 3.63) is 114 Å². The highest BCUT2D eigenvalue weighted by atomic mass is 32.2. The molecule has 5 aromatic rings. The number of aromatic hydroxyl groups is 1. The van der Waals surface area contributed by atoms with Crippen molar-refractivity contribution in [1.82, 2.24) is 9.88 Å². The lowest BCUT2D eigenvalue weighted by molar-refractivity contribution is -0.136. The fraction of sp³-hybridized carbons (Fsp3) is 0.200. The number of aromatic amines is 1. The van der Waals surface area contributed by atoms with Crippen LogP contribution in [0.5, 0.6) is 5.88 Å². The number of sulfonamides is 1. The van der Waals surface area contributed by atoms with Crippen LogP contribution in [0.2, 0.25) is 0 Å². The third-order valence-electron chi connectivity index (χ3n) is 7.58. The Labute approximate surface area is 267 Å². The number of aliphatic carboxylic acids is 1. The van der Waals surface area contributed by atoms with Gasteiger partial charge in [-0.25, -0.2) is 17.8 Å². The molecular weight excluding hydrogens is 607 g/mol. The van der Waals surface area contributed by atoms with E-state index in [1.54, 1.807) is 30.3 Å². The predicted octanol–water partition coefficient (Wildman–Crippen LogP) is 6.19. The summed E-state index contributed by atoms with van der Waals surface area (Å²) >= 11 is 0. The zero-order valence-electron chi connectivity index (χ0n) is 25.7. The molecule has 0 aliphatic carbocycles. The number of carbonyl (C=O) groups is 1. The van der Waals surface area contributed by atoms with Crippen LogP contribution in [0.4, 0.5) is 15.8 Å². The zero-order chi connectivity index (χ0) is 33.0. The Morgan fingerprint density at radius 2 is 1.67 bits per heavy atom. The molecule has 238 valence electrons. The highest BCUT2D eigenvalue weighted by Crippen LogP contribution is 2.34. The van der Waals surface area contributed by atoms with Gasteiger partial charge in [-0.15, -0.1) is 0 Å². The Balaban J connectivity index is 1.63. The van der Waals surface area contributed by atoms with E-state index < -0.39 is 21.8 Å². The number of nitrogens with one attached hydrogen (secondary N) is 1. The minimum Gasteiger partial charge on any atom is -0.494 e. The number of aliphatic imine (C=N–C) groups is 1. The van der Waals surface area contributed by atoms with E-state index in [0.717, 1.165) is 16.7 Å². The molecule has 11 heteroatoms. The molecule has 0 atom stereocenters. The molecule has 0 bridgehead atoms. The highest BCUT2D eigenvalue weighted by molar-refractivity contribution is 7.92. The van der Waals surface area contributed by atoms with Crippen LogP contribution >= 0.6 is 0 Å². The summed E-state index contributed by atoms with van der Waals surface area (Å²) < 4.78 is 40.6. The fourth-order valence-corrected chi connectivity index (χ4v) is 6.27.